The molecule has 44 heavy (non-hydrogen) atoms. The number of ketones is 1. The fourth-order valence-corrected chi connectivity index (χ4v) is 4.86. The molecular weight excluding hydrogens is 613 g/mol. The highest BCUT2D eigenvalue weighted by atomic mass is 35.5. The molecule has 1 aliphatic rings. The smallest absolute Gasteiger partial charge is 0.408 e. The third-order valence-corrected chi connectivity index (χ3v) is 7.43. The lowest BCUT2D eigenvalue weighted by Gasteiger charge is -2.26. The second-order valence-electron chi connectivity index (χ2n) is 10.7. The molecule has 2 aromatic rings. The molecule has 2 N–H and O–H groups in total. The Labute approximate surface area is 267 Å². The van der Waals surface area contributed by atoms with E-state index in [1.54, 1.807) is 6.07 Å². The van der Waals surface area contributed by atoms with E-state index in [0.29, 0.717) is 32.8 Å². The maximum Gasteiger partial charge on any atom is 0.408 e. The Morgan fingerprint density at radius 2 is 1.66 bits per heavy atom. The van der Waals surface area contributed by atoms with E-state index in [1.807, 2.05) is 44.2 Å². The van der Waals surface area contributed by atoms with Crippen molar-refractivity contribution in [2.75, 3.05) is 46.1 Å². The second-order valence-corrected chi connectivity index (χ2v) is 11.5. The van der Waals surface area contributed by atoms with Gasteiger partial charge < -0.3 is 29.6 Å². The van der Waals surface area contributed by atoms with Gasteiger partial charge in [0.05, 0.1) is 29.3 Å². The Hall–Kier alpha value is -3.38. The Morgan fingerprint density at radius 3 is 2.34 bits per heavy atom. The predicted molar refractivity (Wildman–Crippen MR) is 165 cm³/mol. The Morgan fingerprint density at radius 1 is 0.955 bits per heavy atom. The molecule has 2 aromatic carbocycles. The minimum absolute atomic E-state index is 0.0278. The van der Waals surface area contributed by atoms with Crippen molar-refractivity contribution >= 4 is 47.0 Å². The van der Waals surface area contributed by atoms with Gasteiger partial charge in [0, 0.05) is 19.6 Å². The second kappa shape index (κ2) is 17.8. The highest BCUT2D eigenvalue weighted by Gasteiger charge is 2.27. The summed E-state index contributed by atoms with van der Waals surface area (Å²) in [7, 11) is 0. The van der Waals surface area contributed by atoms with E-state index in [4.69, 9.17) is 42.1 Å². The number of halogens is 2. The minimum atomic E-state index is -1.02. The molecule has 240 valence electrons. The number of morpholine rings is 1. The van der Waals surface area contributed by atoms with Gasteiger partial charge in [-0.2, -0.15) is 0 Å². The van der Waals surface area contributed by atoms with Crippen LogP contribution in [0.15, 0.2) is 42.5 Å². The number of esters is 1. The molecule has 3 rings (SSSR count). The fraction of sp³-hybridized carbons (Fsp3) is 0.484. The first kappa shape index (κ1) is 35.1. The monoisotopic (exact) mass is 651 g/mol. The molecule has 1 heterocycles. The number of hydrogen-bond acceptors (Lipinski definition) is 9. The van der Waals surface area contributed by atoms with Gasteiger partial charge >= 0.3 is 12.1 Å². The first-order valence-electron chi connectivity index (χ1n) is 14.4. The van der Waals surface area contributed by atoms with Crippen molar-refractivity contribution in [3.8, 4) is 5.75 Å². The van der Waals surface area contributed by atoms with Gasteiger partial charge in [-0.3, -0.25) is 14.5 Å². The molecular formula is C31H39Cl2N3O8. The number of amides is 2. The minimum Gasteiger partial charge on any atom is -0.491 e. The Kier molecular flexibility index (Phi) is 14.2. The molecule has 0 spiro atoms. The average molecular weight is 653 g/mol. The van der Waals surface area contributed by atoms with E-state index in [0.717, 1.165) is 18.7 Å². The maximum atomic E-state index is 13.0. The van der Waals surface area contributed by atoms with Crippen molar-refractivity contribution in [2.45, 2.75) is 45.9 Å². The first-order valence-corrected chi connectivity index (χ1v) is 15.2. The number of benzene rings is 2. The lowest BCUT2D eigenvalue weighted by molar-refractivity contribution is -0.130. The van der Waals surface area contributed by atoms with E-state index in [-0.39, 0.29) is 33.9 Å². The molecule has 11 nitrogen and oxygen atoms in total. The van der Waals surface area contributed by atoms with E-state index in [1.165, 1.54) is 13.0 Å². The maximum absolute atomic E-state index is 13.0. The van der Waals surface area contributed by atoms with E-state index >= 15 is 0 Å². The van der Waals surface area contributed by atoms with E-state index < -0.39 is 42.4 Å². The van der Waals surface area contributed by atoms with Crippen LogP contribution in [-0.4, -0.2) is 86.8 Å². The normalized spacial score (nSPS) is 14.8. The first-order chi connectivity index (χ1) is 21.0. The van der Waals surface area contributed by atoms with E-state index in [2.05, 4.69) is 15.5 Å². The Balaban J connectivity index is 1.50. The van der Waals surface area contributed by atoms with Crippen molar-refractivity contribution in [1.29, 1.82) is 0 Å². The van der Waals surface area contributed by atoms with Gasteiger partial charge in [0.2, 0.25) is 5.91 Å². The van der Waals surface area contributed by atoms with E-state index in [9.17, 15) is 19.2 Å². The topological polar surface area (TPSA) is 132 Å². The van der Waals surface area contributed by atoms with Crippen molar-refractivity contribution < 1.29 is 38.1 Å². The molecule has 1 saturated heterocycles. The molecule has 0 aliphatic carbocycles. The number of nitrogens with zero attached hydrogens (tertiary/aromatic N) is 1. The summed E-state index contributed by atoms with van der Waals surface area (Å²) >= 11 is 12.6. The highest BCUT2D eigenvalue weighted by Crippen LogP contribution is 2.34. The van der Waals surface area contributed by atoms with Gasteiger partial charge in [-0.25, -0.2) is 9.59 Å². The summed E-state index contributed by atoms with van der Waals surface area (Å²) in [6.07, 6.45) is -0.451. The predicted octanol–water partition coefficient (Wildman–Crippen LogP) is 4.28. The lowest BCUT2D eigenvalue weighted by Crippen LogP contribution is -2.51. The summed E-state index contributed by atoms with van der Waals surface area (Å²) in [5.74, 6) is -1.75. The van der Waals surface area contributed by atoms with Crippen LogP contribution in [-0.2, 0) is 30.4 Å². The average Bonchev–Trinajstić information content (AvgIpc) is 3.00. The van der Waals surface area contributed by atoms with Crippen LogP contribution in [0, 0.1) is 5.92 Å². The molecule has 1 fully saturated rings. The summed E-state index contributed by atoms with van der Waals surface area (Å²) in [4.78, 5) is 53.2. The summed E-state index contributed by atoms with van der Waals surface area (Å²) in [5, 5.41) is 5.15. The van der Waals surface area contributed by atoms with Crippen LogP contribution in [0.2, 0.25) is 10.0 Å². The molecule has 0 bridgehead atoms. The molecule has 0 saturated carbocycles. The number of Topliss-reactive ketones (excluding diaryl/α,β-unsaturated/α-hetero) is 1. The third-order valence-electron chi connectivity index (χ3n) is 6.74. The van der Waals surface area contributed by atoms with Crippen LogP contribution in [0.5, 0.6) is 5.75 Å². The lowest BCUT2D eigenvalue weighted by atomic mass is 10.0. The standard InChI is InChI=1S/C31H39Cl2N3O8/c1-20(2)17-24(35-31(40)44-18-22-7-5-4-6-8-22)29(38)34-21(3)25(37)19-43-30(39)27-23(32)9-10-26(28(27)33)42-16-13-36-11-14-41-15-12-36/h4-10,20-21,24H,11-19H2,1-3H3,(H,34,38)(H,35,40). The van der Waals surface area contributed by atoms with Gasteiger partial charge in [-0.1, -0.05) is 67.4 Å². The molecule has 0 radical (unpaired) electrons. The number of carbonyl (C=O) groups is 4. The molecule has 2 amide bonds. The summed E-state index contributed by atoms with van der Waals surface area (Å²) in [5.41, 5.74) is 0.670. The van der Waals surface area contributed by atoms with Crippen molar-refractivity contribution in [2.24, 2.45) is 5.92 Å². The van der Waals surface area contributed by atoms with Gasteiger partial charge in [0.15, 0.2) is 12.4 Å². The number of nitrogens with one attached hydrogen (secondary N) is 2. The molecule has 1 aliphatic heterocycles. The van der Waals surface area contributed by atoms with Crippen molar-refractivity contribution in [1.82, 2.24) is 15.5 Å². The summed E-state index contributed by atoms with van der Waals surface area (Å²) in [6, 6.07) is 10.2. The number of alkyl carbamates (subject to hydrolysis) is 1. The number of hydrogen-bond donors (Lipinski definition) is 2. The fourth-order valence-electron chi connectivity index (χ4n) is 4.28. The number of rotatable bonds is 15. The SMILES string of the molecule is CC(C)CC(NC(=O)OCc1ccccc1)C(=O)NC(C)C(=O)COC(=O)c1c(Cl)ccc(OCCN2CCOCC2)c1Cl. The van der Waals surface area contributed by atoms with Crippen LogP contribution in [0.25, 0.3) is 0 Å². The molecule has 0 aromatic heterocycles. The molecule has 2 unspecified atom stereocenters. The Bertz CT molecular complexity index is 1270. The van der Waals surface area contributed by atoms with Gasteiger partial charge in [0.25, 0.3) is 0 Å². The summed E-state index contributed by atoms with van der Waals surface area (Å²) < 4.78 is 21.5. The summed E-state index contributed by atoms with van der Waals surface area (Å²) in [6.45, 7) is 8.57. The van der Waals surface area contributed by atoms with Crippen LogP contribution < -0.4 is 15.4 Å². The van der Waals surface area contributed by atoms with Gasteiger partial charge in [0.1, 0.15) is 30.6 Å². The zero-order chi connectivity index (χ0) is 32.1. The van der Waals surface area contributed by atoms with Gasteiger partial charge in [-0.05, 0) is 37.0 Å². The van der Waals surface area contributed by atoms with Crippen molar-refractivity contribution in [3.63, 3.8) is 0 Å². The van der Waals surface area contributed by atoms with Crippen LogP contribution in [0.1, 0.15) is 43.1 Å². The number of carbonyl (C=O) groups excluding carboxylic acids is 4. The zero-order valence-electron chi connectivity index (χ0n) is 25.1. The zero-order valence-corrected chi connectivity index (χ0v) is 26.6. The molecule has 2 atom stereocenters. The third kappa shape index (κ3) is 11.3. The van der Waals surface area contributed by atoms with Gasteiger partial charge in [-0.15, -0.1) is 0 Å². The number of ether oxygens (including phenoxy) is 4. The largest absolute Gasteiger partial charge is 0.491 e. The molecule has 13 heteroatoms. The highest BCUT2D eigenvalue weighted by molar-refractivity contribution is 6.40. The van der Waals surface area contributed by atoms with Crippen molar-refractivity contribution in [3.05, 3.63) is 63.6 Å². The van der Waals surface area contributed by atoms with Crippen LogP contribution in [0.3, 0.4) is 0 Å². The quantitative estimate of drug-likeness (QED) is 0.271. The van der Waals surface area contributed by atoms with Crippen LogP contribution >= 0.6 is 23.2 Å². The van der Waals surface area contributed by atoms with Crippen LogP contribution in [0.4, 0.5) is 4.79 Å².